The number of rotatable bonds is 6. The van der Waals surface area contributed by atoms with Gasteiger partial charge in [-0.2, -0.15) is 0 Å². The Hall–Kier alpha value is -0.870. The summed E-state index contributed by atoms with van der Waals surface area (Å²) in [5.74, 6) is 0.100. The van der Waals surface area contributed by atoms with Gasteiger partial charge in [0.2, 0.25) is 10.0 Å². The maximum atomic E-state index is 12.1. The number of ether oxygens (including phenoxy) is 1. The minimum absolute atomic E-state index is 0.100. The number of anilines is 1. The summed E-state index contributed by atoms with van der Waals surface area (Å²) in [6, 6.07) is 1.67. The van der Waals surface area contributed by atoms with Crippen molar-refractivity contribution in [2.75, 3.05) is 26.1 Å². The van der Waals surface area contributed by atoms with Crippen molar-refractivity contribution in [3.63, 3.8) is 0 Å². The summed E-state index contributed by atoms with van der Waals surface area (Å²) in [5.41, 5.74) is 5.87. The van der Waals surface area contributed by atoms with Crippen molar-refractivity contribution in [3.05, 3.63) is 16.6 Å². The van der Waals surface area contributed by atoms with Crippen LogP contribution in [0.1, 0.15) is 0 Å². The van der Waals surface area contributed by atoms with Gasteiger partial charge in [0.1, 0.15) is 10.6 Å². The highest BCUT2D eigenvalue weighted by molar-refractivity contribution is 9.10. The molecule has 108 valence electrons. The molecule has 0 saturated carbocycles. The fourth-order valence-corrected chi connectivity index (χ4v) is 3.06. The monoisotopic (exact) mass is 354 g/mol. The van der Waals surface area contributed by atoms with Gasteiger partial charge in [0.05, 0.1) is 26.4 Å². The number of aliphatic hydroxyl groups is 2. The van der Waals surface area contributed by atoms with Crippen molar-refractivity contribution >= 4 is 31.6 Å². The maximum absolute atomic E-state index is 12.1. The van der Waals surface area contributed by atoms with Crippen molar-refractivity contribution in [2.24, 2.45) is 0 Å². The van der Waals surface area contributed by atoms with E-state index >= 15 is 0 Å². The highest BCUT2D eigenvalue weighted by atomic mass is 79.9. The maximum Gasteiger partial charge on any atom is 0.244 e. The van der Waals surface area contributed by atoms with Crippen LogP contribution in [0.25, 0.3) is 0 Å². The Morgan fingerprint density at radius 3 is 2.47 bits per heavy atom. The predicted octanol–water partition coefficient (Wildman–Crippen LogP) is -0.329. The van der Waals surface area contributed by atoms with Gasteiger partial charge >= 0.3 is 0 Å². The average molecular weight is 355 g/mol. The molecule has 0 aliphatic rings. The van der Waals surface area contributed by atoms with Gasteiger partial charge in [0, 0.05) is 10.2 Å². The third kappa shape index (κ3) is 3.80. The minimum atomic E-state index is -3.96. The van der Waals surface area contributed by atoms with Crippen LogP contribution in [0.3, 0.4) is 0 Å². The number of sulfonamides is 1. The standard InChI is InChI=1S/C10H15BrN2O5S/c1-18-9-2-7(11)8(12)3-10(9)19(16,17)13-6(4-14)5-15/h2-3,6,13-15H,4-5,12H2,1H3. The Kier molecular flexibility index (Phi) is 5.56. The molecule has 0 saturated heterocycles. The molecule has 1 aromatic carbocycles. The second-order valence-electron chi connectivity index (χ2n) is 3.71. The number of nitrogens with two attached hydrogens (primary N) is 1. The van der Waals surface area contributed by atoms with E-state index in [9.17, 15) is 8.42 Å². The molecular formula is C10H15BrN2O5S. The van der Waals surface area contributed by atoms with Crippen LogP contribution in [0.5, 0.6) is 5.75 Å². The van der Waals surface area contributed by atoms with Gasteiger partial charge in [-0.05, 0) is 28.1 Å². The van der Waals surface area contributed by atoms with Gasteiger partial charge in [0.25, 0.3) is 0 Å². The Labute approximate surface area is 119 Å². The molecule has 7 nitrogen and oxygen atoms in total. The lowest BCUT2D eigenvalue weighted by molar-refractivity contribution is 0.185. The van der Waals surface area contributed by atoms with Gasteiger partial charge in [-0.3, -0.25) is 0 Å². The molecule has 0 fully saturated rings. The second kappa shape index (κ2) is 6.53. The molecule has 0 aromatic heterocycles. The summed E-state index contributed by atoms with van der Waals surface area (Å²) in [6.45, 7) is -1.05. The van der Waals surface area contributed by atoms with Crippen molar-refractivity contribution in [2.45, 2.75) is 10.9 Å². The van der Waals surface area contributed by atoms with Crippen LogP contribution < -0.4 is 15.2 Å². The van der Waals surface area contributed by atoms with Crippen LogP contribution in [-0.2, 0) is 10.0 Å². The molecule has 0 atom stereocenters. The number of benzene rings is 1. The Balaban J connectivity index is 3.24. The molecule has 0 spiro atoms. The molecule has 19 heavy (non-hydrogen) atoms. The molecule has 1 aromatic rings. The summed E-state index contributed by atoms with van der Waals surface area (Å²) in [4.78, 5) is -0.164. The molecule has 1 rings (SSSR count). The number of aliphatic hydroxyl groups excluding tert-OH is 2. The molecule has 0 heterocycles. The van der Waals surface area contributed by atoms with E-state index in [1.54, 1.807) is 0 Å². The third-order valence-electron chi connectivity index (χ3n) is 2.34. The van der Waals surface area contributed by atoms with E-state index in [-0.39, 0.29) is 16.3 Å². The van der Waals surface area contributed by atoms with Crippen molar-refractivity contribution < 1.29 is 23.4 Å². The number of nitrogens with one attached hydrogen (secondary N) is 1. The zero-order valence-electron chi connectivity index (χ0n) is 10.1. The highest BCUT2D eigenvalue weighted by Gasteiger charge is 2.24. The summed E-state index contributed by atoms with van der Waals surface area (Å²) >= 11 is 3.17. The van der Waals surface area contributed by atoms with Gasteiger partial charge in [-0.15, -0.1) is 0 Å². The smallest absolute Gasteiger partial charge is 0.244 e. The molecule has 5 N–H and O–H groups in total. The number of nitrogen functional groups attached to an aromatic ring is 1. The first-order chi connectivity index (χ1) is 8.85. The predicted molar refractivity (Wildman–Crippen MR) is 73.4 cm³/mol. The lowest BCUT2D eigenvalue weighted by Crippen LogP contribution is -2.40. The van der Waals surface area contributed by atoms with E-state index in [1.165, 1.54) is 19.2 Å². The molecule has 0 unspecified atom stereocenters. The van der Waals surface area contributed by atoms with Crippen LogP contribution in [0, 0.1) is 0 Å². The van der Waals surface area contributed by atoms with E-state index in [4.69, 9.17) is 20.7 Å². The zero-order chi connectivity index (χ0) is 14.6. The quantitative estimate of drug-likeness (QED) is 0.519. The lowest BCUT2D eigenvalue weighted by Gasteiger charge is -2.16. The average Bonchev–Trinajstić information content (AvgIpc) is 2.38. The van der Waals surface area contributed by atoms with Gasteiger partial charge in [-0.25, -0.2) is 13.1 Å². The number of hydrogen-bond donors (Lipinski definition) is 4. The molecule has 0 aliphatic carbocycles. The molecule has 0 radical (unpaired) electrons. The SMILES string of the molecule is COc1cc(Br)c(N)cc1S(=O)(=O)NC(CO)CO. The molecule has 0 amide bonds. The minimum Gasteiger partial charge on any atom is -0.495 e. The normalized spacial score (nSPS) is 11.8. The molecular weight excluding hydrogens is 340 g/mol. The number of halogens is 1. The summed E-state index contributed by atoms with van der Waals surface area (Å²) in [6.07, 6.45) is 0. The fourth-order valence-electron chi connectivity index (χ4n) is 1.34. The van der Waals surface area contributed by atoms with E-state index in [1.807, 2.05) is 0 Å². The molecule has 0 bridgehead atoms. The number of hydrogen-bond acceptors (Lipinski definition) is 6. The van der Waals surface area contributed by atoms with Crippen molar-refractivity contribution in [1.82, 2.24) is 4.72 Å². The van der Waals surface area contributed by atoms with E-state index < -0.39 is 29.3 Å². The van der Waals surface area contributed by atoms with Crippen LogP contribution in [0.4, 0.5) is 5.69 Å². The Bertz CT molecular complexity index is 545. The van der Waals surface area contributed by atoms with Gasteiger partial charge < -0.3 is 20.7 Å². The summed E-state index contributed by atoms with van der Waals surface area (Å²) in [5, 5.41) is 17.8. The van der Waals surface area contributed by atoms with Crippen LogP contribution in [0.15, 0.2) is 21.5 Å². The fraction of sp³-hybridized carbons (Fsp3) is 0.400. The van der Waals surface area contributed by atoms with Gasteiger partial charge in [-0.1, -0.05) is 0 Å². The van der Waals surface area contributed by atoms with Crippen molar-refractivity contribution in [3.8, 4) is 5.75 Å². The summed E-state index contributed by atoms with van der Waals surface area (Å²) in [7, 11) is -2.64. The van der Waals surface area contributed by atoms with Crippen LogP contribution >= 0.6 is 15.9 Å². The highest BCUT2D eigenvalue weighted by Crippen LogP contribution is 2.32. The first-order valence-electron chi connectivity index (χ1n) is 5.22. The topological polar surface area (TPSA) is 122 Å². The van der Waals surface area contributed by atoms with Crippen LogP contribution in [0.2, 0.25) is 0 Å². The van der Waals surface area contributed by atoms with E-state index in [0.29, 0.717) is 4.47 Å². The van der Waals surface area contributed by atoms with Gasteiger partial charge in [0.15, 0.2) is 0 Å². The van der Waals surface area contributed by atoms with Crippen LogP contribution in [-0.4, -0.2) is 45.0 Å². The first-order valence-corrected chi connectivity index (χ1v) is 7.50. The molecule has 0 aliphatic heterocycles. The third-order valence-corrected chi connectivity index (χ3v) is 4.56. The first kappa shape index (κ1) is 16.2. The lowest BCUT2D eigenvalue weighted by atomic mass is 10.3. The Morgan fingerprint density at radius 2 is 2.00 bits per heavy atom. The zero-order valence-corrected chi connectivity index (χ0v) is 12.5. The van der Waals surface area contributed by atoms with E-state index in [0.717, 1.165) is 0 Å². The Morgan fingerprint density at radius 1 is 1.42 bits per heavy atom. The second-order valence-corrected chi connectivity index (χ2v) is 6.24. The number of methoxy groups -OCH3 is 1. The summed E-state index contributed by atoms with van der Waals surface area (Å²) < 4.78 is 31.9. The molecule has 9 heteroatoms. The largest absolute Gasteiger partial charge is 0.495 e. The van der Waals surface area contributed by atoms with Crippen molar-refractivity contribution in [1.29, 1.82) is 0 Å². The van der Waals surface area contributed by atoms with E-state index in [2.05, 4.69) is 20.7 Å².